The lowest BCUT2D eigenvalue weighted by molar-refractivity contribution is 0.204. The molecule has 3 nitrogen and oxygen atoms in total. The minimum atomic E-state index is 0.624. The molecular formula is C14H23BrClN3. The van der Waals surface area contributed by atoms with Gasteiger partial charge in [-0.3, -0.25) is 9.58 Å². The van der Waals surface area contributed by atoms with Crippen molar-refractivity contribution < 1.29 is 0 Å². The minimum absolute atomic E-state index is 0.624. The Hall–Kier alpha value is -0.0600. The number of rotatable bonds is 4. The molecule has 0 radical (unpaired) electrons. The van der Waals surface area contributed by atoms with Gasteiger partial charge in [-0.25, -0.2) is 0 Å². The number of aromatic nitrogens is 2. The molecule has 2 rings (SSSR count). The van der Waals surface area contributed by atoms with E-state index in [9.17, 15) is 0 Å². The summed E-state index contributed by atoms with van der Waals surface area (Å²) >= 11 is 10.1. The standard InChI is InChI=1S/C14H23BrClN3/c1-3-12-14(16)13(18(2)17-12)10-19-8-6-4-5-7-11(19)9-15/h11H,3-10H2,1-2H3. The van der Waals surface area contributed by atoms with Crippen LogP contribution in [0.25, 0.3) is 0 Å². The van der Waals surface area contributed by atoms with Crippen molar-refractivity contribution in [1.82, 2.24) is 14.7 Å². The molecule has 1 unspecified atom stereocenters. The summed E-state index contributed by atoms with van der Waals surface area (Å²) in [5.41, 5.74) is 2.18. The van der Waals surface area contributed by atoms with Gasteiger partial charge in [0.15, 0.2) is 0 Å². The first kappa shape index (κ1) is 15.3. The third kappa shape index (κ3) is 3.53. The number of hydrogen-bond acceptors (Lipinski definition) is 2. The van der Waals surface area contributed by atoms with Gasteiger partial charge in [-0.1, -0.05) is 47.3 Å². The highest BCUT2D eigenvalue weighted by molar-refractivity contribution is 9.09. The predicted octanol–water partition coefficient (Wildman–Crippen LogP) is 3.78. The zero-order valence-corrected chi connectivity index (χ0v) is 14.2. The van der Waals surface area contributed by atoms with Crippen molar-refractivity contribution in [2.24, 2.45) is 7.05 Å². The maximum absolute atomic E-state index is 6.46. The Morgan fingerprint density at radius 3 is 2.79 bits per heavy atom. The van der Waals surface area contributed by atoms with Crippen LogP contribution in [-0.2, 0) is 20.0 Å². The molecule has 1 atom stereocenters. The first-order chi connectivity index (χ1) is 9.17. The molecule has 0 spiro atoms. The van der Waals surface area contributed by atoms with E-state index in [1.165, 1.54) is 32.2 Å². The highest BCUT2D eigenvalue weighted by Crippen LogP contribution is 2.26. The second-order valence-corrected chi connectivity index (χ2v) is 6.34. The Labute approximate surface area is 129 Å². The second kappa shape index (κ2) is 7.09. The van der Waals surface area contributed by atoms with Gasteiger partial charge >= 0.3 is 0 Å². The summed E-state index contributed by atoms with van der Waals surface area (Å²) in [4.78, 5) is 2.56. The summed E-state index contributed by atoms with van der Waals surface area (Å²) in [7, 11) is 2.00. The highest BCUT2D eigenvalue weighted by atomic mass is 79.9. The third-order valence-electron chi connectivity index (χ3n) is 4.03. The summed E-state index contributed by atoms with van der Waals surface area (Å²) in [5, 5.41) is 6.42. The van der Waals surface area contributed by atoms with Crippen LogP contribution >= 0.6 is 27.5 Å². The maximum atomic E-state index is 6.46. The van der Waals surface area contributed by atoms with Crippen LogP contribution in [0.1, 0.15) is 44.0 Å². The van der Waals surface area contributed by atoms with Gasteiger partial charge in [-0.05, 0) is 25.8 Å². The number of halogens is 2. The molecule has 1 saturated heterocycles. The van der Waals surface area contributed by atoms with E-state index in [4.69, 9.17) is 11.6 Å². The van der Waals surface area contributed by atoms with Crippen LogP contribution in [0, 0.1) is 0 Å². The van der Waals surface area contributed by atoms with Gasteiger partial charge in [0.2, 0.25) is 0 Å². The minimum Gasteiger partial charge on any atom is -0.294 e. The molecule has 19 heavy (non-hydrogen) atoms. The average molecular weight is 349 g/mol. The number of alkyl halides is 1. The molecule has 1 aliphatic rings. The molecule has 1 aromatic rings. The average Bonchev–Trinajstić information content (AvgIpc) is 2.60. The Bertz CT molecular complexity index is 419. The summed E-state index contributed by atoms with van der Waals surface area (Å²) in [5.74, 6) is 0. The van der Waals surface area contributed by atoms with Crippen LogP contribution < -0.4 is 0 Å². The molecule has 2 heterocycles. The molecule has 0 saturated carbocycles. The van der Waals surface area contributed by atoms with Crippen LogP contribution in [0.5, 0.6) is 0 Å². The molecule has 0 aromatic carbocycles. The first-order valence-electron chi connectivity index (χ1n) is 7.17. The topological polar surface area (TPSA) is 21.1 Å². The summed E-state index contributed by atoms with van der Waals surface area (Å²) in [6.45, 7) is 4.18. The van der Waals surface area contributed by atoms with Crippen LogP contribution in [0.15, 0.2) is 0 Å². The van der Waals surface area contributed by atoms with Crippen molar-refractivity contribution in [3.63, 3.8) is 0 Å². The van der Waals surface area contributed by atoms with E-state index >= 15 is 0 Å². The smallest absolute Gasteiger partial charge is 0.0863 e. The van der Waals surface area contributed by atoms with E-state index in [1.54, 1.807) is 0 Å². The van der Waals surface area contributed by atoms with Crippen LogP contribution in [0.2, 0.25) is 5.02 Å². The summed E-state index contributed by atoms with van der Waals surface area (Å²) < 4.78 is 1.96. The fourth-order valence-electron chi connectivity index (χ4n) is 2.80. The van der Waals surface area contributed by atoms with Crippen molar-refractivity contribution in [3.05, 3.63) is 16.4 Å². The molecule has 0 aliphatic carbocycles. The number of nitrogens with zero attached hydrogens (tertiary/aromatic N) is 3. The second-order valence-electron chi connectivity index (χ2n) is 5.31. The van der Waals surface area contributed by atoms with E-state index < -0.39 is 0 Å². The summed E-state index contributed by atoms with van der Waals surface area (Å²) in [6, 6.07) is 0.624. The van der Waals surface area contributed by atoms with E-state index in [2.05, 4.69) is 32.9 Å². The molecular weight excluding hydrogens is 326 g/mol. The Morgan fingerprint density at radius 1 is 1.37 bits per heavy atom. The van der Waals surface area contributed by atoms with Crippen molar-refractivity contribution in [1.29, 1.82) is 0 Å². The zero-order valence-electron chi connectivity index (χ0n) is 11.8. The van der Waals surface area contributed by atoms with Gasteiger partial charge in [0, 0.05) is 25.0 Å². The summed E-state index contributed by atoms with van der Waals surface area (Å²) in [6.07, 6.45) is 6.15. The van der Waals surface area contributed by atoms with E-state index in [0.29, 0.717) is 6.04 Å². The van der Waals surface area contributed by atoms with E-state index in [-0.39, 0.29) is 0 Å². The van der Waals surface area contributed by atoms with Gasteiger partial charge in [0.25, 0.3) is 0 Å². The lowest BCUT2D eigenvalue weighted by Crippen LogP contribution is -2.36. The fourth-order valence-corrected chi connectivity index (χ4v) is 3.89. The van der Waals surface area contributed by atoms with Crippen molar-refractivity contribution in [2.45, 2.75) is 51.6 Å². The predicted molar refractivity (Wildman–Crippen MR) is 84.1 cm³/mol. The third-order valence-corrected chi connectivity index (χ3v) is 5.22. The molecule has 0 N–H and O–H groups in total. The van der Waals surface area contributed by atoms with Crippen molar-refractivity contribution in [3.8, 4) is 0 Å². The highest BCUT2D eigenvalue weighted by Gasteiger charge is 2.23. The zero-order chi connectivity index (χ0) is 13.8. The molecule has 1 aromatic heterocycles. The Kier molecular flexibility index (Phi) is 5.72. The van der Waals surface area contributed by atoms with Gasteiger partial charge < -0.3 is 0 Å². The molecule has 5 heteroatoms. The van der Waals surface area contributed by atoms with Gasteiger partial charge in [0.05, 0.1) is 16.4 Å². The van der Waals surface area contributed by atoms with Crippen LogP contribution in [-0.4, -0.2) is 32.6 Å². The Morgan fingerprint density at radius 2 is 2.16 bits per heavy atom. The van der Waals surface area contributed by atoms with Gasteiger partial charge in [0.1, 0.15) is 0 Å². The molecule has 1 aliphatic heterocycles. The monoisotopic (exact) mass is 347 g/mol. The lowest BCUT2D eigenvalue weighted by atomic mass is 10.1. The van der Waals surface area contributed by atoms with Crippen LogP contribution in [0.3, 0.4) is 0 Å². The molecule has 0 bridgehead atoms. The largest absolute Gasteiger partial charge is 0.294 e. The van der Waals surface area contributed by atoms with Crippen molar-refractivity contribution >= 4 is 27.5 Å². The van der Waals surface area contributed by atoms with Gasteiger partial charge in [-0.2, -0.15) is 5.10 Å². The quantitative estimate of drug-likeness (QED) is 0.772. The van der Waals surface area contributed by atoms with E-state index in [0.717, 1.165) is 34.7 Å². The fraction of sp³-hybridized carbons (Fsp3) is 0.786. The molecule has 108 valence electrons. The van der Waals surface area contributed by atoms with Gasteiger partial charge in [-0.15, -0.1) is 0 Å². The molecule has 0 amide bonds. The number of aryl methyl sites for hydroxylation is 2. The number of hydrogen-bond donors (Lipinski definition) is 0. The molecule has 1 fully saturated rings. The lowest BCUT2D eigenvalue weighted by Gasteiger charge is -2.28. The number of likely N-dealkylation sites (tertiary alicyclic amines) is 1. The normalized spacial score (nSPS) is 21.6. The maximum Gasteiger partial charge on any atom is 0.0863 e. The van der Waals surface area contributed by atoms with Crippen LogP contribution in [0.4, 0.5) is 0 Å². The first-order valence-corrected chi connectivity index (χ1v) is 8.67. The van der Waals surface area contributed by atoms with E-state index in [1.807, 2.05) is 11.7 Å². The Balaban J connectivity index is 2.16. The van der Waals surface area contributed by atoms with Crippen molar-refractivity contribution in [2.75, 3.05) is 11.9 Å². The SMILES string of the molecule is CCc1nn(C)c(CN2CCCCCC2CBr)c1Cl.